The largest absolute Gasteiger partial charge is 0.314 e. The predicted octanol–water partition coefficient (Wildman–Crippen LogP) is 3.03. The predicted molar refractivity (Wildman–Crippen MR) is 83.6 cm³/mol. The van der Waals surface area contributed by atoms with Gasteiger partial charge >= 0.3 is 0 Å². The van der Waals surface area contributed by atoms with Crippen molar-refractivity contribution >= 4 is 11.3 Å². The van der Waals surface area contributed by atoms with Crippen LogP contribution in [0.3, 0.4) is 0 Å². The maximum Gasteiger partial charge on any atom is 0.0548 e. The van der Waals surface area contributed by atoms with Crippen LogP contribution in [-0.2, 0) is 19.6 Å². The van der Waals surface area contributed by atoms with Gasteiger partial charge in [0.25, 0.3) is 0 Å². The molecule has 2 heterocycles. The van der Waals surface area contributed by atoms with Gasteiger partial charge in [-0.25, -0.2) is 0 Å². The van der Waals surface area contributed by atoms with Gasteiger partial charge in [-0.05, 0) is 43.5 Å². The van der Waals surface area contributed by atoms with Crippen molar-refractivity contribution in [3.05, 3.63) is 52.0 Å². The molecule has 0 amide bonds. The van der Waals surface area contributed by atoms with Gasteiger partial charge in [0.1, 0.15) is 0 Å². The lowest BCUT2D eigenvalue weighted by atomic mass is 10.2. The van der Waals surface area contributed by atoms with E-state index < -0.39 is 0 Å². The minimum Gasteiger partial charge on any atom is -0.314 e. The van der Waals surface area contributed by atoms with Gasteiger partial charge in [0.05, 0.1) is 11.4 Å². The highest BCUT2D eigenvalue weighted by Crippen LogP contribution is 2.30. The lowest BCUT2D eigenvalue weighted by Crippen LogP contribution is -2.25. The van der Waals surface area contributed by atoms with Crippen LogP contribution in [0.15, 0.2) is 35.7 Å². The molecule has 1 aliphatic rings. The highest BCUT2D eigenvalue weighted by atomic mass is 32.1. The van der Waals surface area contributed by atoms with Gasteiger partial charge in [-0.3, -0.25) is 9.88 Å². The van der Waals surface area contributed by atoms with Crippen LogP contribution in [0, 0.1) is 0 Å². The van der Waals surface area contributed by atoms with Gasteiger partial charge in [-0.2, -0.15) is 0 Å². The first-order valence-corrected chi connectivity index (χ1v) is 8.09. The Morgan fingerprint density at radius 1 is 1.20 bits per heavy atom. The number of aromatic nitrogens is 1. The smallest absolute Gasteiger partial charge is 0.0548 e. The lowest BCUT2D eigenvalue weighted by Gasteiger charge is -2.21. The Bertz CT molecular complexity index is 534. The number of nitrogens with zero attached hydrogens (tertiary/aromatic N) is 2. The summed E-state index contributed by atoms with van der Waals surface area (Å²) in [6, 6.07) is 11.5. The molecule has 1 aliphatic carbocycles. The number of pyridine rings is 1. The van der Waals surface area contributed by atoms with Crippen molar-refractivity contribution in [2.75, 3.05) is 7.05 Å². The van der Waals surface area contributed by atoms with Crippen molar-refractivity contribution < 1.29 is 0 Å². The number of thiophene rings is 1. The average molecular weight is 287 g/mol. The summed E-state index contributed by atoms with van der Waals surface area (Å²) in [6.45, 7) is 2.85. The molecule has 0 radical (unpaired) electrons. The van der Waals surface area contributed by atoms with E-state index in [9.17, 15) is 0 Å². The fraction of sp³-hybridized carbons (Fsp3) is 0.438. The third-order valence-electron chi connectivity index (χ3n) is 3.59. The zero-order valence-corrected chi connectivity index (χ0v) is 12.7. The molecule has 2 aromatic rings. The maximum absolute atomic E-state index is 4.74. The van der Waals surface area contributed by atoms with E-state index in [-0.39, 0.29) is 0 Å². The van der Waals surface area contributed by atoms with Gasteiger partial charge in [0, 0.05) is 30.6 Å². The molecule has 2 aromatic heterocycles. The van der Waals surface area contributed by atoms with Crippen LogP contribution in [0.25, 0.3) is 0 Å². The van der Waals surface area contributed by atoms with Crippen LogP contribution < -0.4 is 5.32 Å². The summed E-state index contributed by atoms with van der Waals surface area (Å²) in [6.07, 6.45) is 2.67. The summed E-state index contributed by atoms with van der Waals surface area (Å²) in [5.74, 6) is 0. The number of hydrogen-bond acceptors (Lipinski definition) is 4. The molecule has 3 nitrogen and oxygen atoms in total. The second kappa shape index (κ2) is 6.48. The van der Waals surface area contributed by atoms with Crippen molar-refractivity contribution in [3.63, 3.8) is 0 Å². The zero-order chi connectivity index (χ0) is 13.8. The molecule has 0 spiro atoms. The van der Waals surface area contributed by atoms with Gasteiger partial charge in [0.2, 0.25) is 0 Å². The van der Waals surface area contributed by atoms with Crippen molar-refractivity contribution in [2.45, 2.75) is 38.5 Å². The van der Waals surface area contributed by atoms with E-state index in [1.165, 1.54) is 23.4 Å². The molecule has 0 aliphatic heterocycles. The molecule has 1 N–H and O–H groups in total. The highest BCUT2D eigenvalue weighted by Gasteiger charge is 2.29. The van der Waals surface area contributed by atoms with Crippen LogP contribution in [0.4, 0.5) is 0 Å². The standard InChI is InChI=1S/C16H21N3S/c1-17-10-13-4-2-5-14(18-13)11-19(15-7-8-15)12-16-6-3-9-20-16/h2-6,9,15,17H,7-8,10-12H2,1H3. The molecular weight excluding hydrogens is 266 g/mol. The summed E-state index contributed by atoms with van der Waals surface area (Å²) in [5, 5.41) is 5.32. The Morgan fingerprint density at radius 2 is 2.05 bits per heavy atom. The summed E-state index contributed by atoms with van der Waals surface area (Å²) in [4.78, 5) is 8.76. The molecule has 4 heteroatoms. The first kappa shape index (κ1) is 13.7. The molecule has 0 bridgehead atoms. The van der Waals surface area contributed by atoms with Crippen LogP contribution in [0.5, 0.6) is 0 Å². The number of nitrogens with one attached hydrogen (secondary N) is 1. The third kappa shape index (κ3) is 3.66. The van der Waals surface area contributed by atoms with Crippen LogP contribution in [-0.4, -0.2) is 23.0 Å². The lowest BCUT2D eigenvalue weighted by molar-refractivity contribution is 0.245. The zero-order valence-electron chi connectivity index (χ0n) is 11.9. The Kier molecular flexibility index (Phi) is 4.45. The van der Waals surface area contributed by atoms with Crippen LogP contribution in [0.2, 0.25) is 0 Å². The summed E-state index contributed by atoms with van der Waals surface area (Å²) < 4.78 is 0. The second-order valence-corrected chi connectivity index (χ2v) is 6.40. The normalized spacial score (nSPS) is 14.9. The molecule has 0 aromatic carbocycles. The van der Waals surface area contributed by atoms with Gasteiger partial charge in [-0.15, -0.1) is 11.3 Å². The molecule has 3 rings (SSSR count). The van der Waals surface area contributed by atoms with Crippen molar-refractivity contribution in [3.8, 4) is 0 Å². The van der Waals surface area contributed by atoms with Gasteiger partial charge in [-0.1, -0.05) is 12.1 Å². The second-order valence-electron chi connectivity index (χ2n) is 5.37. The van der Waals surface area contributed by atoms with E-state index in [2.05, 4.69) is 45.9 Å². The Balaban J connectivity index is 1.68. The quantitative estimate of drug-likeness (QED) is 0.848. The molecule has 0 saturated heterocycles. The van der Waals surface area contributed by atoms with Gasteiger partial charge in [0.15, 0.2) is 0 Å². The molecule has 106 valence electrons. The van der Waals surface area contributed by atoms with Crippen LogP contribution >= 0.6 is 11.3 Å². The summed E-state index contributed by atoms with van der Waals surface area (Å²) in [7, 11) is 1.96. The molecular formula is C16H21N3S. The van der Waals surface area contributed by atoms with Gasteiger partial charge < -0.3 is 5.32 Å². The van der Waals surface area contributed by atoms with Crippen molar-refractivity contribution in [1.82, 2.24) is 15.2 Å². The molecule has 0 atom stereocenters. The third-order valence-corrected chi connectivity index (χ3v) is 4.45. The molecule has 1 saturated carbocycles. The fourth-order valence-corrected chi connectivity index (χ4v) is 3.19. The molecule has 20 heavy (non-hydrogen) atoms. The number of rotatable bonds is 7. The van der Waals surface area contributed by atoms with E-state index in [4.69, 9.17) is 4.98 Å². The Hall–Kier alpha value is -1.23. The Labute approximate surface area is 124 Å². The minimum absolute atomic E-state index is 0.756. The fourth-order valence-electron chi connectivity index (χ4n) is 2.46. The van der Waals surface area contributed by atoms with E-state index in [0.717, 1.165) is 31.4 Å². The summed E-state index contributed by atoms with van der Waals surface area (Å²) in [5.41, 5.74) is 2.30. The van der Waals surface area contributed by atoms with E-state index >= 15 is 0 Å². The molecule has 1 fully saturated rings. The monoisotopic (exact) mass is 287 g/mol. The first-order valence-electron chi connectivity index (χ1n) is 7.21. The summed E-state index contributed by atoms with van der Waals surface area (Å²) >= 11 is 1.85. The van der Waals surface area contributed by atoms with Crippen molar-refractivity contribution in [2.24, 2.45) is 0 Å². The van der Waals surface area contributed by atoms with Crippen LogP contribution in [0.1, 0.15) is 29.1 Å². The molecule has 0 unspecified atom stereocenters. The minimum atomic E-state index is 0.756. The van der Waals surface area contributed by atoms with Crippen molar-refractivity contribution in [1.29, 1.82) is 0 Å². The number of hydrogen-bond donors (Lipinski definition) is 1. The first-order chi connectivity index (χ1) is 9.85. The van der Waals surface area contributed by atoms with E-state index in [0.29, 0.717) is 0 Å². The average Bonchev–Trinajstić information content (AvgIpc) is 3.18. The Morgan fingerprint density at radius 3 is 2.75 bits per heavy atom. The topological polar surface area (TPSA) is 28.2 Å². The highest BCUT2D eigenvalue weighted by molar-refractivity contribution is 7.09. The van der Waals surface area contributed by atoms with E-state index in [1.54, 1.807) is 0 Å². The SMILES string of the molecule is CNCc1cccc(CN(Cc2cccs2)C2CC2)n1. The van der Waals surface area contributed by atoms with E-state index in [1.807, 2.05) is 18.4 Å². The maximum atomic E-state index is 4.74.